The molecule has 0 saturated heterocycles. The molecule has 3 unspecified atom stereocenters. The van der Waals surface area contributed by atoms with Gasteiger partial charge >= 0.3 is 6.18 Å². The largest absolute Gasteiger partial charge is 0.416 e. The van der Waals surface area contributed by atoms with Gasteiger partial charge in [-0.1, -0.05) is 42.0 Å². The van der Waals surface area contributed by atoms with Crippen LogP contribution < -0.4 is 27.4 Å². The van der Waals surface area contributed by atoms with E-state index in [0.29, 0.717) is 23.9 Å². The molecular formula is C24H28F3N5O2S. The Kier molecular flexibility index (Phi) is 8.34. The highest BCUT2D eigenvalue weighted by molar-refractivity contribution is 7.80. The molecule has 7 N–H and O–H groups in total. The van der Waals surface area contributed by atoms with Gasteiger partial charge < -0.3 is 27.4 Å². The Morgan fingerprint density at radius 2 is 1.74 bits per heavy atom. The number of hydrogen-bond donors (Lipinski definition) is 5. The minimum Gasteiger partial charge on any atom is -0.398 e. The average Bonchev–Trinajstić information content (AvgIpc) is 2.79. The Labute approximate surface area is 206 Å². The second-order valence-electron chi connectivity index (χ2n) is 8.68. The van der Waals surface area contributed by atoms with Crippen molar-refractivity contribution in [1.29, 1.82) is 0 Å². The monoisotopic (exact) mass is 507 g/mol. The number of rotatable bonds is 6. The molecular weight excluding hydrogens is 479 g/mol. The van der Waals surface area contributed by atoms with Crippen molar-refractivity contribution in [3.63, 3.8) is 0 Å². The summed E-state index contributed by atoms with van der Waals surface area (Å²) in [6, 6.07) is 9.60. The highest BCUT2D eigenvalue weighted by atomic mass is 32.1. The number of nitrogens with one attached hydrogen (secondary N) is 3. The van der Waals surface area contributed by atoms with Gasteiger partial charge in [-0.3, -0.25) is 9.59 Å². The van der Waals surface area contributed by atoms with Gasteiger partial charge in [0.15, 0.2) is 0 Å². The van der Waals surface area contributed by atoms with E-state index in [1.165, 1.54) is 0 Å². The number of nitrogen functional groups attached to an aromatic ring is 1. The van der Waals surface area contributed by atoms with E-state index in [2.05, 4.69) is 16.0 Å². The fraction of sp³-hybridized carbons (Fsp3) is 0.375. The SMILES string of the molecule is Cc1ccc(C(=S)NC2CCC(N)CC2NC(=O)CNC(=O)c2cc(C(F)(F)F)ccc2N)cc1. The molecule has 188 valence electrons. The van der Waals surface area contributed by atoms with E-state index in [1.54, 1.807) is 0 Å². The summed E-state index contributed by atoms with van der Waals surface area (Å²) in [5.41, 5.74) is 12.3. The number of benzene rings is 2. The van der Waals surface area contributed by atoms with Crippen LogP contribution in [0.1, 0.15) is 46.3 Å². The maximum atomic E-state index is 13.0. The summed E-state index contributed by atoms with van der Waals surface area (Å²) >= 11 is 5.52. The Hall–Kier alpha value is -3.18. The molecule has 0 aliphatic heterocycles. The lowest BCUT2D eigenvalue weighted by molar-refractivity contribution is -0.137. The minimum absolute atomic E-state index is 0.106. The van der Waals surface area contributed by atoms with Crippen molar-refractivity contribution < 1.29 is 22.8 Å². The molecule has 1 fully saturated rings. The van der Waals surface area contributed by atoms with Gasteiger partial charge in [0.1, 0.15) is 4.99 Å². The van der Waals surface area contributed by atoms with E-state index in [4.69, 9.17) is 23.7 Å². The van der Waals surface area contributed by atoms with E-state index in [-0.39, 0.29) is 29.4 Å². The predicted molar refractivity (Wildman–Crippen MR) is 132 cm³/mol. The van der Waals surface area contributed by atoms with Crippen LogP contribution in [0.25, 0.3) is 0 Å². The number of carbonyl (C=O) groups excluding carboxylic acids is 2. The Bertz CT molecular complexity index is 1090. The topological polar surface area (TPSA) is 122 Å². The molecule has 3 rings (SSSR count). The van der Waals surface area contributed by atoms with Gasteiger partial charge in [0, 0.05) is 23.3 Å². The second-order valence-corrected chi connectivity index (χ2v) is 9.08. The number of anilines is 1. The van der Waals surface area contributed by atoms with Gasteiger partial charge in [0.25, 0.3) is 5.91 Å². The van der Waals surface area contributed by atoms with Crippen LogP contribution in [0.3, 0.4) is 0 Å². The van der Waals surface area contributed by atoms with E-state index in [0.717, 1.165) is 29.7 Å². The van der Waals surface area contributed by atoms with Gasteiger partial charge in [-0.05, 0) is 44.4 Å². The fourth-order valence-electron chi connectivity index (χ4n) is 3.93. The number of carbonyl (C=O) groups is 2. The molecule has 2 amide bonds. The quantitative estimate of drug-likeness (QED) is 0.303. The summed E-state index contributed by atoms with van der Waals surface area (Å²) in [7, 11) is 0. The summed E-state index contributed by atoms with van der Waals surface area (Å²) in [5, 5.41) is 8.49. The number of nitrogens with two attached hydrogens (primary N) is 2. The lowest BCUT2D eigenvalue weighted by Gasteiger charge is -2.36. The summed E-state index contributed by atoms with van der Waals surface area (Å²) in [5.74, 6) is -1.38. The zero-order valence-corrected chi connectivity index (χ0v) is 19.9. The van der Waals surface area contributed by atoms with Crippen molar-refractivity contribution >= 4 is 34.7 Å². The Balaban J connectivity index is 1.60. The first-order valence-electron chi connectivity index (χ1n) is 11.1. The third-order valence-corrected chi connectivity index (χ3v) is 6.26. The molecule has 0 aromatic heterocycles. The molecule has 2 aromatic rings. The van der Waals surface area contributed by atoms with Gasteiger partial charge in [-0.2, -0.15) is 13.2 Å². The van der Waals surface area contributed by atoms with Crippen molar-refractivity contribution in [2.45, 2.75) is 50.5 Å². The molecule has 0 spiro atoms. The number of halogens is 3. The zero-order chi connectivity index (χ0) is 25.8. The first kappa shape index (κ1) is 26.4. The van der Waals surface area contributed by atoms with Crippen LogP contribution in [0.5, 0.6) is 0 Å². The summed E-state index contributed by atoms with van der Waals surface area (Å²) in [6.07, 6.45) is -2.67. The van der Waals surface area contributed by atoms with Crippen molar-refractivity contribution in [3.05, 3.63) is 64.7 Å². The van der Waals surface area contributed by atoms with E-state index < -0.39 is 30.1 Å². The first-order valence-corrected chi connectivity index (χ1v) is 11.5. The lowest BCUT2D eigenvalue weighted by Crippen LogP contribution is -2.57. The lowest BCUT2D eigenvalue weighted by atomic mass is 9.87. The van der Waals surface area contributed by atoms with Crippen molar-refractivity contribution in [3.8, 4) is 0 Å². The van der Waals surface area contributed by atoms with Crippen LogP contribution >= 0.6 is 12.2 Å². The maximum absolute atomic E-state index is 13.0. The summed E-state index contributed by atoms with van der Waals surface area (Å²) in [4.78, 5) is 25.5. The van der Waals surface area contributed by atoms with Crippen molar-refractivity contribution in [2.75, 3.05) is 12.3 Å². The molecule has 1 aliphatic rings. The predicted octanol–water partition coefficient (Wildman–Crippen LogP) is 2.66. The summed E-state index contributed by atoms with van der Waals surface area (Å²) < 4.78 is 38.9. The smallest absolute Gasteiger partial charge is 0.398 e. The number of hydrogen-bond acceptors (Lipinski definition) is 5. The molecule has 1 saturated carbocycles. The molecule has 0 radical (unpaired) electrons. The third kappa shape index (κ3) is 7.15. The highest BCUT2D eigenvalue weighted by Crippen LogP contribution is 2.31. The first-order chi connectivity index (χ1) is 16.4. The van der Waals surface area contributed by atoms with Crippen LogP contribution in [-0.2, 0) is 11.0 Å². The Morgan fingerprint density at radius 1 is 1.06 bits per heavy atom. The molecule has 1 aliphatic carbocycles. The molecule has 3 atom stereocenters. The standard InChI is InChI=1S/C24H28F3N5O2S/c1-13-2-4-14(5-3-13)23(35)32-19-9-7-16(28)11-20(19)31-21(33)12-30-22(34)17-10-15(24(25,26)27)6-8-18(17)29/h2-6,8,10,16,19-20H,7,9,11-12,28-29H2,1H3,(H,30,34)(H,31,33)(H,32,35). The van der Waals surface area contributed by atoms with Crippen molar-refractivity contribution in [1.82, 2.24) is 16.0 Å². The number of alkyl halides is 3. The van der Waals surface area contributed by atoms with Crippen LogP contribution in [0, 0.1) is 6.92 Å². The second kappa shape index (κ2) is 11.0. The molecule has 35 heavy (non-hydrogen) atoms. The van der Waals surface area contributed by atoms with Gasteiger partial charge in [-0.15, -0.1) is 0 Å². The third-order valence-electron chi connectivity index (χ3n) is 5.90. The van der Waals surface area contributed by atoms with Crippen LogP contribution in [0.4, 0.5) is 18.9 Å². The number of thiocarbonyl (C=S) groups is 1. The molecule has 11 heteroatoms. The van der Waals surface area contributed by atoms with E-state index in [9.17, 15) is 22.8 Å². The number of amides is 2. The molecule has 7 nitrogen and oxygen atoms in total. The minimum atomic E-state index is -4.62. The summed E-state index contributed by atoms with van der Waals surface area (Å²) in [6.45, 7) is 1.55. The normalized spacial score (nSPS) is 20.1. The van der Waals surface area contributed by atoms with E-state index >= 15 is 0 Å². The maximum Gasteiger partial charge on any atom is 0.416 e. The van der Waals surface area contributed by atoms with Crippen LogP contribution in [0.2, 0.25) is 0 Å². The van der Waals surface area contributed by atoms with Crippen LogP contribution in [-0.4, -0.2) is 41.5 Å². The van der Waals surface area contributed by atoms with E-state index in [1.807, 2.05) is 31.2 Å². The highest BCUT2D eigenvalue weighted by Gasteiger charge is 2.32. The number of aryl methyl sites for hydroxylation is 1. The molecule has 0 bridgehead atoms. The van der Waals surface area contributed by atoms with Gasteiger partial charge in [0.05, 0.1) is 23.7 Å². The van der Waals surface area contributed by atoms with Crippen molar-refractivity contribution in [2.24, 2.45) is 5.73 Å². The fourth-order valence-corrected chi connectivity index (χ4v) is 4.22. The Morgan fingerprint density at radius 3 is 2.40 bits per heavy atom. The van der Waals surface area contributed by atoms with Crippen LogP contribution in [0.15, 0.2) is 42.5 Å². The zero-order valence-electron chi connectivity index (χ0n) is 19.1. The van der Waals surface area contributed by atoms with Gasteiger partial charge in [0.2, 0.25) is 5.91 Å². The van der Waals surface area contributed by atoms with Gasteiger partial charge in [-0.25, -0.2) is 0 Å². The molecule has 0 heterocycles. The molecule has 2 aromatic carbocycles. The average molecular weight is 508 g/mol.